The van der Waals surface area contributed by atoms with Crippen LogP contribution < -0.4 is 11.1 Å². The Balaban J connectivity index is 0.00000400. The zero-order valence-electron chi connectivity index (χ0n) is 13.5. The Bertz CT molecular complexity index is 349. The molecule has 1 fully saturated rings. The van der Waals surface area contributed by atoms with E-state index in [1.54, 1.807) is 0 Å². The van der Waals surface area contributed by atoms with Gasteiger partial charge in [0.1, 0.15) is 6.04 Å². The van der Waals surface area contributed by atoms with Gasteiger partial charge in [0, 0.05) is 0 Å². The standard InChI is InChI=1S/C15H28N2O3.ClH/c1-15(2,3)12(14(19)20-4)17-13(18)11(16)10-8-6-5-7-9-10;/h10-12H,5-9,16H2,1-4H3,(H,17,18);1H/t11-,12?;/m0./s1. The SMILES string of the molecule is COC(=O)C(NC(=O)[C@@H](N)C1CCCCC1)C(C)(C)C.Cl. The zero-order chi connectivity index (χ0) is 15.3. The highest BCUT2D eigenvalue weighted by Crippen LogP contribution is 2.26. The number of esters is 1. The number of hydrogen-bond donors (Lipinski definition) is 2. The van der Waals surface area contributed by atoms with Gasteiger partial charge in [0.25, 0.3) is 0 Å². The average molecular weight is 321 g/mol. The first-order valence-corrected chi connectivity index (χ1v) is 7.41. The Morgan fingerprint density at radius 1 is 1.19 bits per heavy atom. The fourth-order valence-corrected chi connectivity index (χ4v) is 2.69. The van der Waals surface area contributed by atoms with Gasteiger partial charge in [0.15, 0.2) is 0 Å². The second-order valence-electron chi connectivity index (χ2n) is 6.75. The van der Waals surface area contributed by atoms with Gasteiger partial charge in [0.2, 0.25) is 5.91 Å². The molecule has 21 heavy (non-hydrogen) atoms. The first-order chi connectivity index (χ1) is 9.27. The summed E-state index contributed by atoms with van der Waals surface area (Å²) in [6.07, 6.45) is 5.47. The number of methoxy groups -OCH3 is 1. The largest absolute Gasteiger partial charge is 0.467 e. The number of halogens is 1. The van der Waals surface area contributed by atoms with Gasteiger partial charge >= 0.3 is 5.97 Å². The monoisotopic (exact) mass is 320 g/mol. The number of hydrogen-bond acceptors (Lipinski definition) is 4. The van der Waals surface area contributed by atoms with E-state index in [0.29, 0.717) is 0 Å². The second-order valence-corrected chi connectivity index (χ2v) is 6.75. The minimum Gasteiger partial charge on any atom is -0.467 e. The van der Waals surface area contributed by atoms with Crippen LogP contribution in [0, 0.1) is 11.3 Å². The molecule has 1 amide bonds. The Kier molecular flexibility index (Phi) is 8.26. The first-order valence-electron chi connectivity index (χ1n) is 7.41. The summed E-state index contributed by atoms with van der Waals surface area (Å²) in [6, 6.07) is -1.21. The van der Waals surface area contributed by atoms with Crippen molar-refractivity contribution in [2.75, 3.05) is 7.11 Å². The van der Waals surface area contributed by atoms with Crippen LogP contribution in [0.15, 0.2) is 0 Å². The third-order valence-corrected chi connectivity index (χ3v) is 4.05. The summed E-state index contributed by atoms with van der Waals surface area (Å²) in [4.78, 5) is 24.1. The molecule has 1 unspecified atom stereocenters. The Morgan fingerprint density at radius 3 is 2.14 bits per heavy atom. The van der Waals surface area contributed by atoms with Gasteiger partial charge < -0.3 is 15.8 Å². The minimum absolute atomic E-state index is 0. The normalized spacial score (nSPS) is 19.1. The molecule has 0 spiro atoms. The molecular weight excluding hydrogens is 292 g/mol. The van der Waals surface area contributed by atoms with Crippen LogP contribution in [0.1, 0.15) is 52.9 Å². The van der Waals surface area contributed by atoms with E-state index in [1.165, 1.54) is 13.5 Å². The van der Waals surface area contributed by atoms with E-state index in [9.17, 15) is 9.59 Å². The van der Waals surface area contributed by atoms with Crippen LogP contribution in [0.3, 0.4) is 0 Å². The third kappa shape index (κ3) is 5.83. The van der Waals surface area contributed by atoms with Crippen LogP contribution in [0.5, 0.6) is 0 Å². The molecule has 1 rings (SSSR count). The maximum Gasteiger partial charge on any atom is 0.328 e. The highest BCUT2D eigenvalue weighted by molar-refractivity contribution is 5.88. The van der Waals surface area contributed by atoms with Crippen molar-refractivity contribution >= 4 is 24.3 Å². The Hall–Kier alpha value is -0.810. The van der Waals surface area contributed by atoms with Gasteiger partial charge in [-0.3, -0.25) is 4.79 Å². The topological polar surface area (TPSA) is 81.4 Å². The summed E-state index contributed by atoms with van der Waals surface area (Å²) in [5.74, 6) is -0.453. The van der Waals surface area contributed by atoms with Crippen molar-refractivity contribution in [2.24, 2.45) is 17.1 Å². The van der Waals surface area contributed by atoms with Crippen LogP contribution in [0.4, 0.5) is 0 Å². The molecule has 0 aromatic heterocycles. The molecule has 1 aliphatic carbocycles. The van der Waals surface area contributed by atoms with E-state index in [1.807, 2.05) is 20.8 Å². The third-order valence-electron chi connectivity index (χ3n) is 4.05. The first kappa shape index (κ1) is 20.2. The summed E-state index contributed by atoms with van der Waals surface area (Å²) in [6.45, 7) is 5.67. The zero-order valence-corrected chi connectivity index (χ0v) is 14.3. The fraction of sp³-hybridized carbons (Fsp3) is 0.867. The van der Waals surface area contributed by atoms with Gasteiger partial charge in [-0.05, 0) is 24.2 Å². The molecule has 0 aromatic rings. The molecule has 0 aliphatic heterocycles. The summed E-state index contributed by atoms with van der Waals surface area (Å²) >= 11 is 0. The maximum atomic E-state index is 12.3. The molecule has 1 aliphatic rings. The van der Waals surface area contributed by atoms with E-state index in [0.717, 1.165) is 25.7 Å². The lowest BCUT2D eigenvalue weighted by Crippen LogP contribution is -2.55. The van der Waals surface area contributed by atoms with Gasteiger partial charge in [-0.1, -0.05) is 40.0 Å². The number of ether oxygens (including phenoxy) is 1. The van der Waals surface area contributed by atoms with Crippen molar-refractivity contribution in [3.05, 3.63) is 0 Å². The number of amides is 1. The van der Waals surface area contributed by atoms with Crippen LogP contribution in [-0.4, -0.2) is 31.1 Å². The molecule has 0 saturated heterocycles. The molecule has 0 heterocycles. The predicted octanol–water partition coefficient (Wildman–Crippen LogP) is 2.02. The van der Waals surface area contributed by atoms with Crippen LogP contribution in [-0.2, 0) is 14.3 Å². The molecule has 1 saturated carbocycles. The molecule has 0 radical (unpaired) electrons. The van der Waals surface area contributed by atoms with Gasteiger partial charge in [0.05, 0.1) is 13.2 Å². The number of carbonyl (C=O) groups excluding carboxylic acids is 2. The van der Waals surface area contributed by atoms with Gasteiger partial charge in [-0.2, -0.15) is 0 Å². The molecular formula is C15H29ClN2O3. The van der Waals surface area contributed by atoms with Crippen molar-refractivity contribution in [3.8, 4) is 0 Å². The molecule has 0 bridgehead atoms. The Labute approximate surface area is 133 Å². The lowest BCUT2D eigenvalue weighted by atomic mass is 9.83. The Morgan fingerprint density at radius 2 is 1.71 bits per heavy atom. The highest BCUT2D eigenvalue weighted by Gasteiger charge is 2.36. The number of carbonyl (C=O) groups is 2. The van der Waals surface area contributed by atoms with Crippen molar-refractivity contribution in [1.82, 2.24) is 5.32 Å². The molecule has 0 aromatic carbocycles. The van der Waals surface area contributed by atoms with E-state index in [-0.39, 0.29) is 24.2 Å². The molecule has 2 atom stereocenters. The van der Waals surface area contributed by atoms with Crippen molar-refractivity contribution < 1.29 is 14.3 Å². The van der Waals surface area contributed by atoms with Crippen molar-refractivity contribution in [2.45, 2.75) is 65.0 Å². The molecule has 5 nitrogen and oxygen atoms in total. The predicted molar refractivity (Wildman–Crippen MR) is 85.2 cm³/mol. The summed E-state index contributed by atoms with van der Waals surface area (Å²) < 4.78 is 4.77. The van der Waals surface area contributed by atoms with Crippen LogP contribution >= 0.6 is 12.4 Å². The maximum absolute atomic E-state index is 12.3. The summed E-state index contributed by atoms with van der Waals surface area (Å²) in [5.41, 5.74) is 5.65. The van der Waals surface area contributed by atoms with Crippen LogP contribution in [0.25, 0.3) is 0 Å². The van der Waals surface area contributed by atoms with Crippen LogP contribution in [0.2, 0.25) is 0 Å². The summed E-state index contributed by atoms with van der Waals surface area (Å²) in [7, 11) is 1.33. The number of nitrogens with one attached hydrogen (secondary N) is 1. The lowest BCUT2D eigenvalue weighted by molar-refractivity contribution is -0.148. The molecule has 124 valence electrons. The second kappa shape index (κ2) is 8.59. The fourth-order valence-electron chi connectivity index (χ4n) is 2.69. The highest BCUT2D eigenvalue weighted by atomic mass is 35.5. The van der Waals surface area contributed by atoms with Gasteiger partial charge in [-0.15, -0.1) is 12.4 Å². The number of rotatable bonds is 4. The number of nitrogens with two attached hydrogens (primary N) is 1. The van der Waals surface area contributed by atoms with E-state index >= 15 is 0 Å². The summed E-state index contributed by atoms with van der Waals surface area (Å²) in [5, 5.41) is 2.77. The average Bonchev–Trinajstić information content (AvgIpc) is 2.42. The smallest absolute Gasteiger partial charge is 0.328 e. The van der Waals surface area contributed by atoms with Crippen molar-refractivity contribution in [3.63, 3.8) is 0 Å². The molecule has 6 heteroatoms. The minimum atomic E-state index is -0.672. The van der Waals surface area contributed by atoms with Gasteiger partial charge in [-0.25, -0.2) is 4.79 Å². The van der Waals surface area contributed by atoms with E-state index < -0.39 is 23.5 Å². The van der Waals surface area contributed by atoms with E-state index in [4.69, 9.17) is 10.5 Å². The quantitative estimate of drug-likeness (QED) is 0.776. The van der Waals surface area contributed by atoms with Crippen molar-refractivity contribution in [1.29, 1.82) is 0 Å². The lowest BCUT2D eigenvalue weighted by Gasteiger charge is -2.32. The van der Waals surface area contributed by atoms with E-state index in [2.05, 4.69) is 5.32 Å². The molecule has 3 N–H and O–H groups in total.